The van der Waals surface area contributed by atoms with Crippen LogP contribution in [-0.2, 0) is 29.1 Å². The lowest BCUT2D eigenvalue weighted by Gasteiger charge is -2.18. The average molecular weight is 527 g/mol. The quantitative estimate of drug-likeness (QED) is 0.471. The summed E-state index contributed by atoms with van der Waals surface area (Å²) in [4.78, 5) is 27.8. The third-order valence-corrected chi connectivity index (χ3v) is 5.93. The van der Waals surface area contributed by atoms with E-state index in [1.165, 1.54) is 0 Å². The fraction of sp³-hybridized carbons (Fsp3) is 0.480. The number of fused-ring (bicyclic) bond motifs is 1. The molecule has 0 fully saturated rings. The predicted octanol–water partition coefficient (Wildman–Crippen LogP) is 4.42. The maximum atomic E-state index is 12.9. The molecular weight excluding hydrogens is 497 g/mol. The Kier molecular flexibility index (Phi) is 8.84. The van der Waals surface area contributed by atoms with Crippen molar-refractivity contribution in [2.75, 3.05) is 18.5 Å². The largest absolute Gasteiger partial charge is 0.468 e. The van der Waals surface area contributed by atoms with Crippen molar-refractivity contribution in [3.8, 4) is 5.88 Å². The van der Waals surface area contributed by atoms with Crippen molar-refractivity contribution >= 4 is 29.0 Å². The third kappa shape index (κ3) is 7.83. The molecule has 1 atom stereocenters. The zero-order chi connectivity index (χ0) is 26.5. The van der Waals surface area contributed by atoms with Crippen molar-refractivity contribution < 1.29 is 27.5 Å². The number of rotatable bonds is 8. The second-order valence-corrected chi connectivity index (χ2v) is 10.3. The lowest BCUT2D eigenvalue weighted by Crippen LogP contribution is -2.43. The van der Waals surface area contributed by atoms with Crippen LogP contribution in [0.3, 0.4) is 0 Å². The summed E-state index contributed by atoms with van der Waals surface area (Å²) >= 11 is 6.40. The Balaban J connectivity index is 1.59. The number of nitrogens with zero attached hydrogens (tertiary/aromatic N) is 1. The number of alkyl halides is 3. The first-order valence-corrected chi connectivity index (χ1v) is 11.9. The summed E-state index contributed by atoms with van der Waals surface area (Å²) in [5, 5.41) is 9.20. The molecule has 36 heavy (non-hydrogen) atoms. The first-order valence-electron chi connectivity index (χ1n) is 11.6. The van der Waals surface area contributed by atoms with E-state index in [0.29, 0.717) is 29.7 Å². The van der Waals surface area contributed by atoms with Gasteiger partial charge in [0.25, 0.3) is 11.7 Å². The van der Waals surface area contributed by atoms with Crippen molar-refractivity contribution in [3.05, 3.63) is 52.2 Å². The molecule has 0 saturated heterocycles. The van der Waals surface area contributed by atoms with E-state index in [1.54, 1.807) is 30.5 Å². The van der Waals surface area contributed by atoms with Crippen molar-refractivity contribution in [2.24, 2.45) is 5.41 Å². The summed E-state index contributed by atoms with van der Waals surface area (Å²) in [7, 11) is 0. The van der Waals surface area contributed by atoms with E-state index in [4.69, 9.17) is 16.3 Å². The van der Waals surface area contributed by atoms with Gasteiger partial charge in [-0.1, -0.05) is 44.5 Å². The van der Waals surface area contributed by atoms with Gasteiger partial charge in [0.05, 0.1) is 16.8 Å². The second-order valence-electron chi connectivity index (χ2n) is 9.88. The monoisotopic (exact) mass is 526 g/mol. The number of hydrogen-bond donors (Lipinski definition) is 3. The molecule has 196 valence electrons. The molecule has 1 unspecified atom stereocenters. The maximum absolute atomic E-state index is 12.9. The summed E-state index contributed by atoms with van der Waals surface area (Å²) in [5.74, 6) is -1.69. The van der Waals surface area contributed by atoms with Crippen LogP contribution in [0.4, 0.5) is 18.9 Å². The minimum absolute atomic E-state index is 0.0112. The highest BCUT2D eigenvalue weighted by atomic mass is 35.5. The number of hydrogen-bond acceptors (Lipinski definition) is 6. The molecule has 1 aromatic carbocycles. The van der Waals surface area contributed by atoms with E-state index in [0.717, 1.165) is 16.7 Å². The van der Waals surface area contributed by atoms with E-state index in [2.05, 4.69) is 20.9 Å². The number of halogens is 4. The number of pyridine rings is 1. The van der Waals surface area contributed by atoms with Crippen LogP contribution in [0, 0.1) is 5.41 Å². The van der Waals surface area contributed by atoms with E-state index < -0.39 is 18.0 Å². The lowest BCUT2D eigenvalue weighted by molar-refractivity contribution is -0.173. The van der Waals surface area contributed by atoms with Gasteiger partial charge in [-0.05, 0) is 41.0 Å². The molecule has 2 aromatic rings. The minimum atomic E-state index is -4.88. The van der Waals surface area contributed by atoms with Crippen molar-refractivity contribution in [1.29, 1.82) is 0 Å². The van der Waals surface area contributed by atoms with E-state index >= 15 is 0 Å². The molecule has 1 amide bonds. The fourth-order valence-corrected chi connectivity index (χ4v) is 3.94. The van der Waals surface area contributed by atoms with Gasteiger partial charge in [0, 0.05) is 31.9 Å². The topological polar surface area (TPSA) is 92.4 Å². The number of amides is 1. The molecule has 0 bridgehead atoms. The predicted molar refractivity (Wildman–Crippen MR) is 131 cm³/mol. The number of anilines is 1. The van der Waals surface area contributed by atoms with Crippen molar-refractivity contribution in [3.63, 3.8) is 0 Å². The molecule has 3 rings (SSSR count). The number of benzene rings is 1. The number of ketones is 1. The van der Waals surface area contributed by atoms with E-state index in [-0.39, 0.29) is 37.3 Å². The van der Waals surface area contributed by atoms with Crippen LogP contribution in [0.1, 0.15) is 43.9 Å². The summed E-state index contributed by atoms with van der Waals surface area (Å²) in [6.45, 7) is 6.94. The standard InChI is InChI=1S/C25H30ClF3N4O3/c1-24(2,3)14-33-20(34)13-36-21-9-4-15(10-31-21)11-32-22-17-6-8-19(23(35)25(27,28)29)30-12-16(17)5-7-18(22)26/h4-5,7,9-10,19,30,32H,6,8,11-14H2,1-3H3,(H,33,34). The van der Waals surface area contributed by atoms with Crippen LogP contribution in [-0.4, -0.2) is 42.0 Å². The van der Waals surface area contributed by atoms with Crippen LogP contribution < -0.4 is 20.7 Å². The molecule has 0 aliphatic carbocycles. The van der Waals surface area contributed by atoms with Gasteiger partial charge in [-0.15, -0.1) is 0 Å². The molecule has 1 aliphatic rings. The molecule has 2 heterocycles. The minimum Gasteiger partial charge on any atom is -0.468 e. The normalized spacial score (nSPS) is 16.0. The Hall–Kier alpha value is -2.85. The van der Waals surface area contributed by atoms with Gasteiger partial charge in [-0.2, -0.15) is 13.2 Å². The van der Waals surface area contributed by atoms with E-state index in [9.17, 15) is 22.8 Å². The summed E-state index contributed by atoms with van der Waals surface area (Å²) in [6.07, 6.45) is -3.01. The molecular formula is C25H30ClF3N4O3. The summed E-state index contributed by atoms with van der Waals surface area (Å²) < 4.78 is 44.1. The lowest BCUT2D eigenvalue weighted by atomic mass is 9.97. The zero-order valence-corrected chi connectivity index (χ0v) is 21.1. The van der Waals surface area contributed by atoms with Gasteiger partial charge in [-0.25, -0.2) is 4.98 Å². The molecule has 3 N–H and O–H groups in total. The van der Waals surface area contributed by atoms with Crippen LogP contribution in [0.25, 0.3) is 0 Å². The number of carbonyl (C=O) groups excluding carboxylic acids is 2. The highest BCUT2D eigenvalue weighted by Crippen LogP contribution is 2.33. The van der Waals surface area contributed by atoms with Crippen molar-refractivity contribution in [2.45, 2.75) is 58.9 Å². The number of nitrogens with one attached hydrogen (secondary N) is 3. The number of Topliss-reactive ketones (excluding diaryl/α,β-unsaturated/α-hetero) is 1. The Morgan fingerprint density at radius 1 is 1.19 bits per heavy atom. The molecule has 0 spiro atoms. The Morgan fingerprint density at radius 3 is 2.58 bits per heavy atom. The Morgan fingerprint density at radius 2 is 1.94 bits per heavy atom. The van der Waals surface area contributed by atoms with Gasteiger partial charge < -0.3 is 20.7 Å². The molecule has 0 saturated carbocycles. The SMILES string of the molecule is CC(C)(C)CNC(=O)COc1ccc(CNc2c(Cl)ccc3c2CCC(C(=O)C(F)(F)F)NC3)cn1. The van der Waals surface area contributed by atoms with Gasteiger partial charge >= 0.3 is 6.18 Å². The van der Waals surface area contributed by atoms with Crippen LogP contribution in [0.5, 0.6) is 5.88 Å². The number of carbonyl (C=O) groups is 2. The molecule has 7 nitrogen and oxygen atoms in total. The molecule has 1 aliphatic heterocycles. The number of ether oxygens (including phenoxy) is 1. The van der Waals surface area contributed by atoms with Gasteiger partial charge in [-0.3, -0.25) is 9.59 Å². The molecule has 11 heteroatoms. The van der Waals surface area contributed by atoms with Crippen LogP contribution in [0.2, 0.25) is 5.02 Å². The van der Waals surface area contributed by atoms with Gasteiger partial charge in [0.1, 0.15) is 0 Å². The number of aromatic nitrogens is 1. The summed E-state index contributed by atoms with van der Waals surface area (Å²) in [6, 6.07) is 5.57. The average Bonchev–Trinajstić information content (AvgIpc) is 3.02. The fourth-order valence-electron chi connectivity index (χ4n) is 3.70. The smallest absolute Gasteiger partial charge is 0.451 e. The second kappa shape index (κ2) is 11.5. The van der Waals surface area contributed by atoms with Gasteiger partial charge in [0.15, 0.2) is 6.61 Å². The first kappa shape index (κ1) is 27.7. The Bertz CT molecular complexity index is 1090. The van der Waals surface area contributed by atoms with Crippen LogP contribution >= 0.6 is 11.6 Å². The van der Waals surface area contributed by atoms with Crippen molar-refractivity contribution in [1.82, 2.24) is 15.6 Å². The van der Waals surface area contributed by atoms with Crippen LogP contribution in [0.15, 0.2) is 30.5 Å². The molecule has 0 radical (unpaired) electrons. The highest BCUT2D eigenvalue weighted by Gasteiger charge is 2.43. The maximum Gasteiger partial charge on any atom is 0.451 e. The van der Waals surface area contributed by atoms with E-state index in [1.807, 2.05) is 20.8 Å². The highest BCUT2D eigenvalue weighted by molar-refractivity contribution is 6.33. The molecule has 1 aromatic heterocycles. The first-order chi connectivity index (χ1) is 16.8. The van der Waals surface area contributed by atoms with Gasteiger partial charge in [0.2, 0.25) is 5.88 Å². The zero-order valence-electron chi connectivity index (χ0n) is 20.4. The third-order valence-electron chi connectivity index (χ3n) is 5.61. The Labute approximate surface area is 213 Å². The summed E-state index contributed by atoms with van der Waals surface area (Å²) in [5.41, 5.74) is 2.96.